The highest BCUT2D eigenvalue weighted by atomic mass is 79.9. The van der Waals surface area contributed by atoms with Crippen molar-refractivity contribution in [1.29, 1.82) is 5.26 Å². The predicted molar refractivity (Wildman–Crippen MR) is 83.9 cm³/mol. The van der Waals surface area contributed by atoms with E-state index in [1.165, 1.54) is 0 Å². The van der Waals surface area contributed by atoms with Gasteiger partial charge < -0.3 is 5.32 Å². The molecule has 0 spiro atoms. The maximum Gasteiger partial charge on any atom is 0.101 e. The highest BCUT2D eigenvalue weighted by molar-refractivity contribution is 9.10. The molecule has 0 unspecified atom stereocenters. The van der Waals surface area contributed by atoms with Crippen LogP contribution in [0.2, 0.25) is 0 Å². The van der Waals surface area contributed by atoms with Gasteiger partial charge in [-0.05, 0) is 30.3 Å². The Bertz CT molecular complexity index is 816. The number of hydrogen-bond acceptors (Lipinski definition) is 3. The van der Waals surface area contributed by atoms with Crippen LogP contribution in [0, 0.1) is 11.3 Å². The normalized spacial score (nSPS) is 10.2. The fourth-order valence-electron chi connectivity index (χ4n) is 2.09. The first-order valence-electron chi connectivity index (χ1n) is 6.07. The summed E-state index contributed by atoms with van der Waals surface area (Å²) in [5.41, 5.74) is 2.35. The third-order valence-corrected chi connectivity index (χ3v) is 3.55. The topological polar surface area (TPSA) is 48.7 Å². The summed E-state index contributed by atoms with van der Waals surface area (Å²) in [6, 6.07) is 15.7. The van der Waals surface area contributed by atoms with Gasteiger partial charge in [0.2, 0.25) is 0 Å². The van der Waals surface area contributed by atoms with Gasteiger partial charge in [-0.25, -0.2) is 0 Å². The Hall–Kier alpha value is -2.38. The van der Waals surface area contributed by atoms with E-state index in [4.69, 9.17) is 0 Å². The SMILES string of the molecule is N#Cc1ccc(Br)cc1Nc1cccc2cnccc12. The van der Waals surface area contributed by atoms with Crippen LogP contribution >= 0.6 is 15.9 Å². The van der Waals surface area contributed by atoms with Crippen LogP contribution in [0.15, 0.2) is 59.3 Å². The molecule has 96 valence electrons. The third kappa shape index (κ3) is 2.36. The van der Waals surface area contributed by atoms with Crippen LogP contribution in [-0.4, -0.2) is 4.98 Å². The van der Waals surface area contributed by atoms with Crippen LogP contribution in [-0.2, 0) is 0 Å². The molecule has 1 N–H and O–H groups in total. The molecule has 2 aromatic carbocycles. The second-order valence-corrected chi connectivity index (χ2v) is 5.24. The Morgan fingerprint density at radius 1 is 1.10 bits per heavy atom. The maximum atomic E-state index is 9.19. The van der Waals surface area contributed by atoms with Crippen LogP contribution in [0.5, 0.6) is 0 Å². The van der Waals surface area contributed by atoms with Gasteiger partial charge >= 0.3 is 0 Å². The predicted octanol–water partition coefficient (Wildman–Crippen LogP) is 4.61. The van der Waals surface area contributed by atoms with Gasteiger partial charge in [-0.3, -0.25) is 4.98 Å². The van der Waals surface area contributed by atoms with E-state index in [1.54, 1.807) is 12.3 Å². The van der Waals surface area contributed by atoms with Crippen molar-refractivity contribution in [3.05, 3.63) is 64.9 Å². The molecule has 0 saturated carbocycles. The number of hydrogen-bond donors (Lipinski definition) is 1. The van der Waals surface area contributed by atoms with Crippen molar-refractivity contribution < 1.29 is 0 Å². The van der Waals surface area contributed by atoms with Crippen molar-refractivity contribution in [2.45, 2.75) is 0 Å². The number of pyridine rings is 1. The lowest BCUT2D eigenvalue weighted by Crippen LogP contribution is -1.94. The van der Waals surface area contributed by atoms with Gasteiger partial charge in [0, 0.05) is 33.3 Å². The van der Waals surface area contributed by atoms with E-state index >= 15 is 0 Å². The Balaban J connectivity index is 2.10. The molecule has 0 aliphatic carbocycles. The number of anilines is 2. The Kier molecular flexibility index (Phi) is 3.36. The molecule has 0 aliphatic rings. The summed E-state index contributed by atoms with van der Waals surface area (Å²) in [5.74, 6) is 0. The average Bonchev–Trinajstić information content (AvgIpc) is 2.48. The first-order valence-corrected chi connectivity index (χ1v) is 6.86. The second kappa shape index (κ2) is 5.32. The molecule has 3 rings (SSSR count). The molecule has 0 saturated heterocycles. The van der Waals surface area contributed by atoms with Crippen molar-refractivity contribution in [2.24, 2.45) is 0 Å². The van der Waals surface area contributed by atoms with E-state index in [9.17, 15) is 5.26 Å². The van der Waals surface area contributed by atoms with E-state index < -0.39 is 0 Å². The van der Waals surface area contributed by atoms with Crippen LogP contribution in [0.4, 0.5) is 11.4 Å². The number of fused-ring (bicyclic) bond motifs is 1. The highest BCUT2D eigenvalue weighted by Gasteiger charge is 2.05. The van der Waals surface area contributed by atoms with Gasteiger partial charge in [0.1, 0.15) is 6.07 Å². The first kappa shape index (κ1) is 12.6. The van der Waals surface area contributed by atoms with Crippen molar-refractivity contribution in [1.82, 2.24) is 4.98 Å². The van der Waals surface area contributed by atoms with E-state index in [0.29, 0.717) is 5.56 Å². The molecule has 0 radical (unpaired) electrons. The number of aromatic nitrogens is 1. The lowest BCUT2D eigenvalue weighted by Gasteiger charge is -2.11. The number of nitriles is 1. The number of rotatable bonds is 2. The van der Waals surface area contributed by atoms with Crippen molar-refractivity contribution in [2.75, 3.05) is 5.32 Å². The molecule has 1 heterocycles. The maximum absolute atomic E-state index is 9.19. The van der Waals surface area contributed by atoms with E-state index in [1.807, 2.05) is 42.6 Å². The zero-order valence-corrected chi connectivity index (χ0v) is 12.1. The van der Waals surface area contributed by atoms with Crippen molar-refractivity contribution in [3.63, 3.8) is 0 Å². The monoisotopic (exact) mass is 323 g/mol. The van der Waals surface area contributed by atoms with Gasteiger partial charge in [-0.1, -0.05) is 28.1 Å². The first-order chi connectivity index (χ1) is 9.78. The molecule has 0 fully saturated rings. The van der Waals surface area contributed by atoms with Crippen LogP contribution in [0.1, 0.15) is 5.56 Å². The summed E-state index contributed by atoms with van der Waals surface area (Å²) in [6.45, 7) is 0. The molecule has 0 amide bonds. The van der Waals surface area contributed by atoms with Crippen LogP contribution < -0.4 is 5.32 Å². The number of nitrogens with one attached hydrogen (secondary N) is 1. The molecule has 0 atom stereocenters. The number of halogens is 1. The van der Waals surface area contributed by atoms with Gasteiger partial charge in [-0.15, -0.1) is 0 Å². The quantitative estimate of drug-likeness (QED) is 0.749. The smallest absolute Gasteiger partial charge is 0.101 e. The van der Waals surface area contributed by atoms with E-state index in [0.717, 1.165) is 26.6 Å². The molecular formula is C16H10BrN3. The standard InChI is InChI=1S/C16H10BrN3/c17-13-5-4-11(9-18)16(8-13)20-15-3-1-2-12-10-19-7-6-14(12)15/h1-8,10,20H. The largest absolute Gasteiger partial charge is 0.354 e. The summed E-state index contributed by atoms with van der Waals surface area (Å²) in [5, 5.41) is 14.6. The number of benzene rings is 2. The molecule has 0 bridgehead atoms. The summed E-state index contributed by atoms with van der Waals surface area (Å²) in [6.07, 6.45) is 3.59. The lowest BCUT2D eigenvalue weighted by atomic mass is 10.1. The summed E-state index contributed by atoms with van der Waals surface area (Å²) < 4.78 is 0.931. The van der Waals surface area contributed by atoms with E-state index in [-0.39, 0.29) is 0 Å². The summed E-state index contributed by atoms with van der Waals surface area (Å²) in [4.78, 5) is 4.12. The molecule has 4 heteroatoms. The zero-order valence-electron chi connectivity index (χ0n) is 10.5. The van der Waals surface area contributed by atoms with Gasteiger partial charge in [-0.2, -0.15) is 5.26 Å². The Morgan fingerprint density at radius 3 is 2.85 bits per heavy atom. The molecule has 20 heavy (non-hydrogen) atoms. The number of nitrogens with zero attached hydrogens (tertiary/aromatic N) is 2. The fourth-order valence-corrected chi connectivity index (χ4v) is 2.46. The van der Waals surface area contributed by atoms with Crippen molar-refractivity contribution >= 4 is 38.1 Å². The third-order valence-electron chi connectivity index (χ3n) is 3.05. The average molecular weight is 324 g/mol. The van der Waals surface area contributed by atoms with Gasteiger partial charge in [0.15, 0.2) is 0 Å². The highest BCUT2D eigenvalue weighted by Crippen LogP contribution is 2.29. The van der Waals surface area contributed by atoms with Crippen molar-refractivity contribution in [3.8, 4) is 6.07 Å². The molecule has 0 aliphatic heterocycles. The van der Waals surface area contributed by atoms with Gasteiger partial charge in [0.05, 0.1) is 11.3 Å². The lowest BCUT2D eigenvalue weighted by molar-refractivity contribution is 1.36. The Labute approximate surface area is 125 Å². The molecule has 3 aromatic rings. The Morgan fingerprint density at radius 2 is 2.00 bits per heavy atom. The van der Waals surface area contributed by atoms with E-state index in [2.05, 4.69) is 32.3 Å². The molecular weight excluding hydrogens is 314 g/mol. The summed E-state index contributed by atoms with van der Waals surface area (Å²) >= 11 is 3.43. The minimum Gasteiger partial charge on any atom is -0.354 e. The van der Waals surface area contributed by atoms with Gasteiger partial charge in [0.25, 0.3) is 0 Å². The molecule has 3 nitrogen and oxygen atoms in total. The molecule has 1 aromatic heterocycles. The zero-order chi connectivity index (χ0) is 13.9. The minimum atomic E-state index is 0.610. The van der Waals surface area contributed by atoms with Crippen LogP contribution in [0.25, 0.3) is 10.8 Å². The van der Waals surface area contributed by atoms with Crippen LogP contribution in [0.3, 0.4) is 0 Å². The fraction of sp³-hybridized carbons (Fsp3) is 0. The second-order valence-electron chi connectivity index (χ2n) is 4.33. The minimum absolute atomic E-state index is 0.610. The summed E-state index contributed by atoms with van der Waals surface area (Å²) in [7, 11) is 0.